The molecule has 0 aromatic heterocycles. The Kier molecular flexibility index (Phi) is 29.0. The van der Waals surface area contributed by atoms with Crippen molar-refractivity contribution < 1.29 is 14.4 Å². The third-order valence-corrected chi connectivity index (χ3v) is 6.79. The van der Waals surface area contributed by atoms with Gasteiger partial charge in [-0.15, -0.1) is 0 Å². The molecule has 0 unspecified atom stereocenters. The summed E-state index contributed by atoms with van der Waals surface area (Å²) in [5.41, 5.74) is 0. The first-order valence-corrected chi connectivity index (χ1v) is 15.1. The number of aliphatic carboxylic acids is 1. The normalized spacial score (nSPS) is 11.3. The maximum Gasteiger partial charge on any atom is 0.303 e. The highest BCUT2D eigenvalue weighted by Crippen LogP contribution is 2.14. The second-order valence-electron chi connectivity index (χ2n) is 10.3. The number of unbranched alkanes of at least 4 members (excludes halogenated alkanes) is 14. The number of quaternary nitrogens is 1. The zero-order chi connectivity index (χ0) is 25.0. The summed E-state index contributed by atoms with van der Waals surface area (Å²) in [7, 11) is 0. The van der Waals surface area contributed by atoms with E-state index in [1.807, 2.05) is 0 Å². The fourth-order valence-corrected chi connectivity index (χ4v) is 5.22. The number of hydrogen-bond donors (Lipinski definition) is 1. The van der Waals surface area contributed by atoms with Crippen LogP contribution in [0.25, 0.3) is 0 Å². The van der Waals surface area contributed by atoms with Crippen molar-refractivity contribution in [3.05, 3.63) is 0 Å². The van der Waals surface area contributed by atoms with Crippen molar-refractivity contribution in [3.63, 3.8) is 0 Å². The highest BCUT2D eigenvalue weighted by molar-refractivity contribution is 5.66. The first kappa shape index (κ1) is 34.6. The van der Waals surface area contributed by atoms with Crippen LogP contribution in [0.2, 0.25) is 0 Å². The van der Waals surface area contributed by atoms with Gasteiger partial charge in [0.15, 0.2) is 0 Å². The van der Waals surface area contributed by atoms with Crippen LogP contribution in [0.5, 0.6) is 0 Å². The molecule has 0 atom stereocenters. The molecule has 0 aliphatic carbocycles. The van der Waals surface area contributed by atoms with E-state index < -0.39 is 5.97 Å². The van der Waals surface area contributed by atoms with Crippen molar-refractivity contribution in [3.8, 4) is 0 Å². The molecule has 0 saturated heterocycles. The summed E-state index contributed by atoms with van der Waals surface area (Å²) in [6.45, 7) is 17.1. The monoisotopic (exact) mass is 470 g/mol. The zero-order valence-corrected chi connectivity index (χ0v) is 23.8. The van der Waals surface area contributed by atoms with Crippen LogP contribution in [0.3, 0.4) is 0 Å². The van der Waals surface area contributed by atoms with Gasteiger partial charge in [0.2, 0.25) is 0 Å². The van der Waals surface area contributed by atoms with E-state index in [0.717, 1.165) is 12.8 Å². The lowest BCUT2D eigenvalue weighted by Crippen LogP contribution is -2.50. The number of nitrogens with zero attached hydrogens (tertiary/aromatic N) is 1. The van der Waals surface area contributed by atoms with E-state index >= 15 is 0 Å². The Morgan fingerprint density at radius 1 is 0.455 bits per heavy atom. The molecule has 0 aromatic carbocycles. The van der Waals surface area contributed by atoms with Gasteiger partial charge in [0.25, 0.3) is 0 Å². The molecular formula is C30H64NO2+. The van der Waals surface area contributed by atoms with E-state index in [1.165, 1.54) is 140 Å². The van der Waals surface area contributed by atoms with Gasteiger partial charge in [-0.25, -0.2) is 0 Å². The van der Waals surface area contributed by atoms with Gasteiger partial charge in [0.1, 0.15) is 0 Å². The Bertz CT molecular complexity index is 354. The molecule has 0 aliphatic rings. The average Bonchev–Trinajstić information content (AvgIpc) is 2.77. The third kappa shape index (κ3) is 25.9. The molecular weight excluding hydrogens is 406 g/mol. The minimum Gasteiger partial charge on any atom is -0.481 e. The molecule has 0 amide bonds. The minimum atomic E-state index is -0.653. The van der Waals surface area contributed by atoms with Crippen molar-refractivity contribution in [2.45, 2.75) is 163 Å². The summed E-state index contributed by atoms with van der Waals surface area (Å²) in [4.78, 5) is 10.3. The molecule has 3 nitrogen and oxygen atoms in total. The standard InChI is InChI=1S/C18H36O2.C12H28N/c1-2-3-4-5-6-7-8-9-10-11-12-13-14-15-16-17-18(19)20;1-5-9-13(10-6-2,11-7-3)12-8-4/h2-17H2,1H3,(H,19,20);5-12H2,1-4H3/q;+1. The predicted octanol–water partition coefficient (Wildman–Crippen LogP) is 9.78. The van der Waals surface area contributed by atoms with Crippen molar-refractivity contribution in [1.82, 2.24) is 0 Å². The summed E-state index contributed by atoms with van der Waals surface area (Å²) in [6, 6.07) is 0. The van der Waals surface area contributed by atoms with Crippen LogP contribution in [-0.2, 0) is 4.79 Å². The van der Waals surface area contributed by atoms with Crippen molar-refractivity contribution in [1.29, 1.82) is 0 Å². The van der Waals surface area contributed by atoms with Gasteiger partial charge < -0.3 is 9.59 Å². The minimum absolute atomic E-state index is 0.345. The van der Waals surface area contributed by atoms with Crippen LogP contribution >= 0.6 is 0 Å². The summed E-state index contributed by atoms with van der Waals surface area (Å²) in [5.74, 6) is -0.653. The molecule has 0 rings (SSSR count). The zero-order valence-electron chi connectivity index (χ0n) is 23.8. The van der Waals surface area contributed by atoms with Crippen LogP contribution in [0.1, 0.15) is 163 Å². The largest absolute Gasteiger partial charge is 0.481 e. The number of carboxylic acids is 1. The molecule has 0 bridgehead atoms. The van der Waals surface area contributed by atoms with E-state index in [0.29, 0.717) is 6.42 Å². The maximum absolute atomic E-state index is 10.3. The first-order valence-electron chi connectivity index (χ1n) is 15.1. The lowest BCUT2D eigenvalue weighted by atomic mass is 10.0. The van der Waals surface area contributed by atoms with Gasteiger partial charge in [0, 0.05) is 6.42 Å². The molecule has 3 heteroatoms. The number of rotatable bonds is 24. The van der Waals surface area contributed by atoms with Crippen LogP contribution in [0.4, 0.5) is 0 Å². The summed E-state index contributed by atoms with van der Waals surface area (Å²) in [5, 5.41) is 8.52. The topological polar surface area (TPSA) is 37.3 Å². The Labute approximate surface area is 209 Å². The van der Waals surface area contributed by atoms with Crippen LogP contribution in [0.15, 0.2) is 0 Å². The third-order valence-electron chi connectivity index (χ3n) is 6.79. The van der Waals surface area contributed by atoms with Gasteiger partial charge in [-0.3, -0.25) is 4.79 Å². The maximum atomic E-state index is 10.3. The number of hydrogen-bond acceptors (Lipinski definition) is 1. The van der Waals surface area contributed by atoms with E-state index in [9.17, 15) is 4.79 Å². The Morgan fingerprint density at radius 2 is 0.727 bits per heavy atom. The van der Waals surface area contributed by atoms with Crippen LogP contribution < -0.4 is 0 Å². The second-order valence-corrected chi connectivity index (χ2v) is 10.3. The predicted molar refractivity (Wildman–Crippen MR) is 148 cm³/mol. The Morgan fingerprint density at radius 3 is 0.970 bits per heavy atom. The molecule has 0 aliphatic heterocycles. The average molecular weight is 471 g/mol. The van der Waals surface area contributed by atoms with E-state index in [-0.39, 0.29) is 0 Å². The van der Waals surface area contributed by atoms with Crippen LogP contribution in [-0.4, -0.2) is 41.7 Å². The molecule has 200 valence electrons. The molecule has 1 N–H and O–H groups in total. The molecule has 0 heterocycles. The van der Waals surface area contributed by atoms with Crippen molar-refractivity contribution in [2.24, 2.45) is 0 Å². The SMILES string of the molecule is CCCCCCCCCCCCCCCCCC(=O)O.CCC[N+](CCC)(CCC)CCC. The highest BCUT2D eigenvalue weighted by atomic mass is 16.4. The van der Waals surface area contributed by atoms with Crippen LogP contribution in [0, 0.1) is 0 Å². The lowest BCUT2D eigenvalue weighted by Gasteiger charge is -2.38. The fraction of sp³-hybridized carbons (Fsp3) is 0.967. The quantitative estimate of drug-likeness (QED) is 0.112. The van der Waals surface area contributed by atoms with Gasteiger partial charge >= 0.3 is 5.97 Å². The second kappa shape index (κ2) is 27.7. The van der Waals surface area contributed by atoms with Gasteiger partial charge in [0.05, 0.1) is 26.2 Å². The molecule has 0 fully saturated rings. The highest BCUT2D eigenvalue weighted by Gasteiger charge is 2.22. The number of carboxylic acid groups (broad SMARTS) is 1. The van der Waals surface area contributed by atoms with Crippen molar-refractivity contribution in [2.75, 3.05) is 26.2 Å². The van der Waals surface area contributed by atoms with E-state index in [1.54, 1.807) is 0 Å². The smallest absolute Gasteiger partial charge is 0.303 e. The Hall–Kier alpha value is -0.570. The van der Waals surface area contributed by atoms with E-state index in [2.05, 4.69) is 34.6 Å². The first-order chi connectivity index (χ1) is 16.0. The summed E-state index contributed by atoms with van der Waals surface area (Å²) >= 11 is 0. The van der Waals surface area contributed by atoms with Crippen molar-refractivity contribution >= 4 is 5.97 Å². The van der Waals surface area contributed by atoms with E-state index in [4.69, 9.17) is 5.11 Å². The lowest BCUT2D eigenvalue weighted by molar-refractivity contribution is -0.928. The number of carbonyl (C=O) groups is 1. The summed E-state index contributed by atoms with van der Waals surface area (Å²) < 4.78 is 1.38. The molecule has 0 saturated carbocycles. The fourth-order valence-electron chi connectivity index (χ4n) is 5.22. The van der Waals surface area contributed by atoms with Gasteiger partial charge in [-0.05, 0) is 32.1 Å². The molecule has 0 radical (unpaired) electrons. The molecule has 33 heavy (non-hydrogen) atoms. The van der Waals surface area contributed by atoms with Gasteiger partial charge in [-0.2, -0.15) is 0 Å². The molecule has 0 spiro atoms. The molecule has 0 aromatic rings. The summed E-state index contributed by atoms with van der Waals surface area (Å²) in [6.07, 6.45) is 25.5. The Balaban J connectivity index is 0. The van der Waals surface area contributed by atoms with Gasteiger partial charge in [-0.1, -0.05) is 125 Å².